The van der Waals surface area contributed by atoms with E-state index in [2.05, 4.69) is 5.10 Å². The molecule has 4 rings (SSSR count). The van der Waals surface area contributed by atoms with E-state index in [4.69, 9.17) is 11.6 Å². The number of halogens is 1. The van der Waals surface area contributed by atoms with Gasteiger partial charge in [0.2, 0.25) is 10.0 Å². The van der Waals surface area contributed by atoms with Gasteiger partial charge in [-0.05, 0) is 13.0 Å². The maximum absolute atomic E-state index is 13.0. The molecule has 0 atom stereocenters. The third kappa shape index (κ3) is 3.91. The van der Waals surface area contributed by atoms with Gasteiger partial charge in [-0.1, -0.05) is 11.6 Å². The molecular weight excluding hydrogens is 466 g/mol. The Bertz CT molecular complexity index is 1280. The van der Waals surface area contributed by atoms with E-state index >= 15 is 0 Å². The zero-order valence-corrected chi connectivity index (χ0v) is 18.8. The molecule has 10 nitrogen and oxygen atoms in total. The Hall–Kier alpha value is -2.54. The molecule has 1 fully saturated rings. The summed E-state index contributed by atoms with van der Waals surface area (Å²) in [5.41, 5.74) is -0.0744. The highest BCUT2D eigenvalue weighted by Crippen LogP contribution is 2.38. The number of nitro groups is 1. The highest BCUT2D eigenvalue weighted by molar-refractivity contribution is 7.89. The fourth-order valence-electron chi connectivity index (χ4n) is 3.38. The van der Waals surface area contributed by atoms with Crippen LogP contribution in [0.1, 0.15) is 16.6 Å². The minimum absolute atomic E-state index is 0.0744. The summed E-state index contributed by atoms with van der Waals surface area (Å²) in [5.74, 6) is -0.315. The number of thiophene rings is 1. The molecule has 3 aromatic rings. The van der Waals surface area contributed by atoms with E-state index in [1.54, 1.807) is 9.58 Å². The average Bonchev–Trinajstić information content (AvgIpc) is 3.38. The van der Waals surface area contributed by atoms with Gasteiger partial charge in [0.05, 0.1) is 16.1 Å². The Kier molecular flexibility index (Phi) is 5.73. The SMILES string of the molecule is CCn1cc(S(=O)(=O)N2CCN(C(=O)c3sc4cc([N+](=O)[O-])ccc4c3Cl)CC2)cn1. The molecule has 1 aliphatic rings. The van der Waals surface area contributed by atoms with Crippen molar-refractivity contribution in [1.29, 1.82) is 0 Å². The third-order valence-electron chi connectivity index (χ3n) is 5.12. The molecule has 0 N–H and O–H groups in total. The smallest absolute Gasteiger partial charge is 0.270 e. The number of hydrogen-bond donors (Lipinski definition) is 0. The summed E-state index contributed by atoms with van der Waals surface area (Å²) < 4.78 is 29.1. The monoisotopic (exact) mass is 483 g/mol. The molecule has 0 radical (unpaired) electrons. The topological polar surface area (TPSA) is 119 Å². The predicted molar refractivity (Wildman–Crippen MR) is 116 cm³/mol. The molecule has 0 aliphatic carbocycles. The van der Waals surface area contributed by atoms with Crippen molar-refractivity contribution in [3.05, 3.63) is 50.6 Å². The highest BCUT2D eigenvalue weighted by atomic mass is 35.5. The molecule has 1 aromatic carbocycles. The largest absolute Gasteiger partial charge is 0.335 e. The Balaban J connectivity index is 1.50. The van der Waals surface area contributed by atoms with E-state index in [-0.39, 0.29) is 52.6 Å². The van der Waals surface area contributed by atoms with Gasteiger partial charge in [-0.15, -0.1) is 11.3 Å². The number of carbonyl (C=O) groups is 1. The lowest BCUT2D eigenvalue weighted by Crippen LogP contribution is -2.50. The lowest BCUT2D eigenvalue weighted by molar-refractivity contribution is -0.384. The van der Waals surface area contributed by atoms with Crippen molar-refractivity contribution in [3.63, 3.8) is 0 Å². The van der Waals surface area contributed by atoms with E-state index < -0.39 is 14.9 Å². The summed E-state index contributed by atoms with van der Waals surface area (Å²) in [6.07, 6.45) is 2.82. The zero-order valence-electron chi connectivity index (χ0n) is 16.4. The van der Waals surface area contributed by atoms with Crippen LogP contribution in [-0.4, -0.2) is 64.4 Å². The normalized spacial score (nSPS) is 15.5. The van der Waals surface area contributed by atoms with E-state index in [0.29, 0.717) is 16.6 Å². The number of aromatic nitrogens is 2. The van der Waals surface area contributed by atoms with Crippen LogP contribution < -0.4 is 0 Å². The third-order valence-corrected chi connectivity index (χ3v) is 8.61. The van der Waals surface area contributed by atoms with Crippen molar-refractivity contribution in [2.75, 3.05) is 26.2 Å². The second-order valence-electron chi connectivity index (χ2n) is 6.91. The van der Waals surface area contributed by atoms with Crippen LogP contribution in [0.2, 0.25) is 5.02 Å². The lowest BCUT2D eigenvalue weighted by atomic mass is 10.2. The molecule has 2 aromatic heterocycles. The van der Waals surface area contributed by atoms with E-state index in [9.17, 15) is 23.3 Å². The summed E-state index contributed by atoms with van der Waals surface area (Å²) in [4.78, 5) is 25.5. The van der Waals surface area contributed by atoms with Gasteiger partial charge in [0, 0.05) is 61.1 Å². The van der Waals surface area contributed by atoms with Gasteiger partial charge in [-0.25, -0.2) is 8.42 Å². The second-order valence-corrected chi connectivity index (χ2v) is 10.3. The van der Waals surface area contributed by atoms with Crippen LogP contribution in [0, 0.1) is 10.1 Å². The van der Waals surface area contributed by atoms with Crippen molar-refractivity contribution in [2.24, 2.45) is 0 Å². The summed E-state index contributed by atoms with van der Waals surface area (Å²) in [6.45, 7) is 3.16. The molecule has 1 saturated heterocycles. The van der Waals surface area contributed by atoms with Crippen LogP contribution in [0.3, 0.4) is 0 Å². The van der Waals surface area contributed by atoms with E-state index in [1.807, 2.05) is 6.92 Å². The maximum Gasteiger partial charge on any atom is 0.270 e. The molecule has 0 spiro atoms. The minimum Gasteiger partial charge on any atom is -0.335 e. The van der Waals surface area contributed by atoms with Crippen molar-refractivity contribution >= 4 is 54.6 Å². The number of nitro benzene ring substituents is 1. The van der Waals surface area contributed by atoms with Crippen molar-refractivity contribution < 1.29 is 18.1 Å². The van der Waals surface area contributed by atoms with Crippen molar-refractivity contribution in [2.45, 2.75) is 18.4 Å². The first-order chi connectivity index (χ1) is 14.7. The molecule has 0 saturated carbocycles. The molecule has 0 unspecified atom stereocenters. The highest BCUT2D eigenvalue weighted by Gasteiger charge is 2.32. The number of nitrogens with zero attached hydrogens (tertiary/aromatic N) is 5. The molecule has 13 heteroatoms. The predicted octanol–water partition coefficient (Wildman–Crippen LogP) is 2.83. The Labute approximate surface area is 186 Å². The zero-order chi connectivity index (χ0) is 22.3. The summed E-state index contributed by atoms with van der Waals surface area (Å²) in [6, 6.07) is 4.27. The number of hydrogen-bond acceptors (Lipinski definition) is 7. The molecule has 1 amide bonds. The number of aryl methyl sites for hydroxylation is 1. The number of piperazine rings is 1. The standard InChI is InChI=1S/C18H18ClN5O5S2/c1-2-22-11-13(10-20-22)31(28,29)23-7-5-21(6-8-23)18(25)17-16(19)14-4-3-12(24(26)27)9-15(14)30-17/h3-4,9-11H,2,5-8H2,1H3. The quantitative estimate of drug-likeness (QED) is 0.406. The first-order valence-corrected chi connectivity index (χ1v) is 12.0. The lowest BCUT2D eigenvalue weighted by Gasteiger charge is -2.33. The van der Waals surface area contributed by atoms with Crippen molar-refractivity contribution in [1.82, 2.24) is 19.0 Å². The Morgan fingerprint density at radius 1 is 1.29 bits per heavy atom. The molecule has 164 valence electrons. The van der Waals surface area contributed by atoms with Crippen LogP contribution in [0.4, 0.5) is 5.69 Å². The van der Waals surface area contributed by atoms with Crippen LogP contribution in [0.5, 0.6) is 0 Å². The number of sulfonamides is 1. The van der Waals surface area contributed by atoms with Gasteiger partial charge in [-0.3, -0.25) is 19.6 Å². The summed E-state index contributed by atoms with van der Waals surface area (Å²) in [5, 5.41) is 15.8. The van der Waals surface area contributed by atoms with E-state index in [0.717, 1.165) is 11.3 Å². The number of rotatable bonds is 5. The first-order valence-electron chi connectivity index (χ1n) is 9.40. The molecule has 3 heterocycles. The van der Waals surface area contributed by atoms with Crippen LogP contribution >= 0.6 is 22.9 Å². The first kappa shape index (κ1) is 21.7. The van der Waals surface area contributed by atoms with Gasteiger partial charge in [-0.2, -0.15) is 9.40 Å². The summed E-state index contributed by atoms with van der Waals surface area (Å²) in [7, 11) is -3.68. The fraction of sp³-hybridized carbons (Fsp3) is 0.333. The Morgan fingerprint density at radius 2 is 2.00 bits per heavy atom. The molecule has 0 bridgehead atoms. The molecule has 1 aliphatic heterocycles. The van der Waals surface area contributed by atoms with Crippen LogP contribution in [0.15, 0.2) is 35.5 Å². The van der Waals surface area contributed by atoms with Gasteiger partial charge >= 0.3 is 0 Å². The van der Waals surface area contributed by atoms with E-state index in [1.165, 1.54) is 34.9 Å². The van der Waals surface area contributed by atoms with Gasteiger partial charge < -0.3 is 4.90 Å². The average molecular weight is 484 g/mol. The molecule has 31 heavy (non-hydrogen) atoms. The molecular formula is C18H18ClN5O5S2. The second kappa shape index (κ2) is 8.19. The van der Waals surface area contributed by atoms with Gasteiger partial charge in [0.1, 0.15) is 9.77 Å². The minimum atomic E-state index is -3.68. The van der Waals surface area contributed by atoms with Crippen molar-refractivity contribution in [3.8, 4) is 0 Å². The van der Waals surface area contributed by atoms with Gasteiger partial charge in [0.25, 0.3) is 11.6 Å². The number of non-ortho nitro benzene ring substituents is 1. The summed E-state index contributed by atoms with van der Waals surface area (Å²) >= 11 is 7.47. The van der Waals surface area contributed by atoms with Gasteiger partial charge in [0.15, 0.2) is 0 Å². The number of amides is 1. The number of fused-ring (bicyclic) bond motifs is 1. The number of carbonyl (C=O) groups excluding carboxylic acids is 1. The fourth-order valence-corrected chi connectivity index (χ4v) is 6.27. The maximum atomic E-state index is 13.0. The number of benzene rings is 1. The van der Waals surface area contributed by atoms with Crippen LogP contribution in [-0.2, 0) is 16.6 Å². The Morgan fingerprint density at radius 3 is 2.61 bits per heavy atom. The van der Waals surface area contributed by atoms with Crippen LogP contribution in [0.25, 0.3) is 10.1 Å².